The maximum Gasteiger partial charge on any atom is 0.203 e. The highest BCUT2D eigenvalue weighted by Gasteiger charge is 2.09. The van der Waals surface area contributed by atoms with Crippen LogP contribution in [0.1, 0.15) is 11.1 Å². The summed E-state index contributed by atoms with van der Waals surface area (Å²) < 4.78 is 1.99. The Morgan fingerprint density at radius 3 is 2.65 bits per heavy atom. The second-order valence-corrected chi connectivity index (χ2v) is 5.96. The monoisotopic (exact) mass is 327 g/mol. The van der Waals surface area contributed by atoms with Crippen molar-refractivity contribution >= 4 is 17.5 Å². The van der Waals surface area contributed by atoms with Crippen LogP contribution in [0.25, 0.3) is 11.3 Å². The van der Waals surface area contributed by atoms with Gasteiger partial charge in [-0.15, -0.1) is 0 Å². The van der Waals surface area contributed by atoms with Gasteiger partial charge in [0.2, 0.25) is 5.95 Å². The van der Waals surface area contributed by atoms with Crippen LogP contribution >= 0.6 is 11.6 Å². The van der Waals surface area contributed by atoms with E-state index in [1.54, 1.807) is 18.2 Å². The van der Waals surface area contributed by atoms with Gasteiger partial charge in [-0.2, -0.15) is 0 Å². The number of hydrogen-bond acceptors (Lipinski definition) is 3. The third-order valence-corrected chi connectivity index (χ3v) is 4.05. The van der Waals surface area contributed by atoms with Gasteiger partial charge in [0.25, 0.3) is 0 Å². The average molecular weight is 328 g/mol. The van der Waals surface area contributed by atoms with Crippen LogP contribution in [0.2, 0.25) is 5.02 Å². The van der Waals surface area contributed by atoms with Gasteiger partial charge >= 0.3 is 0 Å². The molecule has 0 aliphatic rings. The summed E-state index contributed by atoms with van der Waals surface area (Å²) in [4.78, 5) is 4.42. The molecule has 0 saturated carbocycles. The number of aromatic hydroxyl groups is 1. The second kappa shape index (κ2) is 6.34. The number of halogens is 1. The van der Waals surface area contributed by atoms with Crippen LogP contribution in [0.5, 0.6) is 5.75 Å². The van der Waals surface area contributed by atoms with Crippen molar-refractivity contribution in [2.75, 3.05) is 5.32 Å². The Balaban J connectivity index is 1.79. The van der Waals surface area contributed by atoms with E-state index >= 15 is 0 Å². The highest BCUT2D eigenvalue weighted by Crippen LogP contribution is 2.25. The lowest BCUT2D eigenvalue weighted by atomic mass is 10.1. The number of benzene rings is 2. The molecule has 0 aliphatic carbocycles. The highest BCUT2D eigenvalue weighted by molar-refractivity contribution is 6.30. The molecule has 0 fully saturated rings. The molecule has 1 aromatic heterocycles. The minimum Gasteiger partial charge on any atom is -0.508 e. The number of aromatic nitrogens is 2. The van der Waals surface area contributed by atoms with Crippen molar-refractivity contribution < 1.29 is 5.11 Å². The lowest BCUT2D eigenvalue weighted by Gasteiger charge is -2.10. The number of phenols is 1. The molecule has 3 rings (SSSR count). The fourth-order valence-electron chi connectivity index (χ4n) is 2.44. The van der Waals surface area contributed by atoms with Gasteiger partial charge in [0.1, 0.15) is 5.75 Å². The molecule has 3 aromatic rings. The summed E-state index contributed by atoms with van der Waals surface area (Å²) in [7, 11) is 1.96. The van der Waals surface area contributed by atoms with Gasteiger partial charge in [-0.05, 0) is 30.7 Å². The first-order valence-corrected chi connectivity index (χ1v) is 7.72. The number of rotatable bonds is 4. The van der Waals surface area contributed by atoms with Crippen molar-refractivity contribution in [3.05, 3.63) is 64.8 Å². The summed E-state index contributed by atoms with van der Waals surface area (Å²) in [6.07, 6.45) is 1.84. The van der Waals surface area contributed by atoms with E-state index in [0.29, 0.717) is 11.6 Å². The molecule has 0 radical (unpaired) electrons. The molecule has 118 valence electrons. The number of phenolic OH excluding ortho intramolecular Hbond substituents is 1. The third-order valence-electron chi connectivity index (χ3n) is 3.81. The number of hydrogen-bond donors (Lipinski definition) is 2. The van der Waals surface area contributed by atoms with Crippen LogP contribution in [-0.4, -0.2) is 14.7 Å². The lowest BCUT2D eigenvalue weighted by molar-refractivity contribution is 0.469. The Morgan fingerprint density at radius 2 is 1.91 bits per heavy atom. The average Bonchev–Trinajstić information content (AvgIpc) is 2.90. The molecular formula is C18H18ClN3O. The van der Waals surface area contributed by atoms with Crippen molar-refractivity contribution in [3.8, 4) is 17.0 Å². The van der Waals surface area contributed by atoms with Gasteiger partial charge < -0.3 is 15.0 Å². The maximum atomic E-state index is 9.87. The fraction of sp³-hybridized carbons (Fsp3) is 0.167. The highest BCUT2D eigenvalue weighted by atomic mass is 35.5. The smallest absolute Gasteiger partial charge is 0.203 e. The van der Waals surface area contributed by atoms with Crippen molar-refractivity contribution in [3.63, 3.8) is 0 Å². The fourth-order valence-corrected chi connectivity index (χ4v) is 2.63. The minimum atomic E-state index is 0.217. The summed E-state index contributed by atoms with van der Waals surface area (Å²) in [6, 6.07) is 13.3. The molecule has 0 amide bonds. The number of aryl methyl sites for hydroxylation is 1. The zero-order valence-corrected chi connectivity index (χ0v) is 13.8. The Bertz CT molecular complexity index is 825. The summed E-state index contributed by atoms with van der Waals surface area (Å²) in [5.74, 6) is 0.954. The predicted molar refractivity (Wildman–Crippen MR) is 93.8 cm³/mol. The van der Waals surface area contributed by atoms with Crippen molar-refractivity contribution in [2.45, 2.75) is 13.5 Å². The summed E-state index contributed by atoms with van der Waals surface area (Å²) >= 11 is 5.97. The SMILES string of the molecule is Cc1ccc(-c2cnc(NCc3cc(Cl)ccc3O)n2C)cc1. The molecule has 5 heteroatoms. The first kappa shape index (κ1) is 15.4. The first-order chi connectivity index (χ1) is 11.0. The molecular weight excluding hydrogens is 310 g/mol. The van der Waals surface area contributed by atoms with E-state index in [1.807, 2.05) is 17.8 Å². The minimum absolute atomic E-state index is 0.217. The standard InChI is InChI=1S/C18H18ClN3O/c1-12-3-5-13(6-4-12)16-11-21-18(22(16)2)20-10-14-9-15(19)7-8-17(14)23/h3-9,11,23H,10H2,1-2H3,(H,20,21). The number of nitrogens with zero attached hydrogens (tertiary/aromatic N) is 2. The topological polar surface area (TPSA) is 50.1 Å². The first-order valence-electron chi connectivity index (χ1n) is 7.34. The molecule has 0 atom stereocenters. The van der Waals surface area contributed by atoms with E-state index in [9.17, 15) is 5.11 Å². The van der Waals surface area contributed by atoms with E-state index in [1.165, 1.54) is 5.56 Å². The zero-order chi connectivity index (χ0) is 16.4. The number of anilines is 1. The Labute approximate surface area is 140 Å². The zero-order valence-electron chi connectivity index (χ0n) is 13.0. The van der Waals surface area contributed by atoms with Crippen molar-refractivity contribution in [1.29, 1.82) is 0 Å². The van der Waals surface area contributed by atoms with Crippen molar-refractivity contribution in [1.82, 2.24) is 9.55 Å². The van der Waals surface area contributed by atoms with E-state index < -0.39 is 0 Å². The molecule has 2 N–H and O–H groups in total. The summed E-state index contributed by atoms with van der Waals surface area (Å²) in [5, 5.41) is 13.7. The quantitative estimate of drug-likeness (QED) is 0.748. The summed E-state index contributed by atoms with van der Waals surface area (Å²) in [6.45, 7) is 2.52. The van der Waals surface area contributed by atoms with Gasteiger partial charge in [0.05, 0.1) is 11.9 Å². The predicted octanol–water partition coefficient (Wildman–Crippen LogP) is 4.37. The van der Waals surface area contributed by atoms with Crippen LogP contribution in [0.4, 0.5) is 5.95 Å². The number of nitrogens with one attached hydrogen (secondary N) is 1. The molecule has 0 spiro atoms. The molecule has 2 aromatic carbocycles. The molecule has 0 unspecified atom stereocenters. The van der Waals surface area contributed by atoms with Crippen LogP contribution in [0, 0.1) is 6.92 Å². The largest absolute Gasteiger partial charge is 0.508 e. The van der Waals surface area contributed by atoms with E-state index in [-0.39, 0.29) is 5.75 Å². The van der Waals surface area contributed by atoms with Crippen molar-refractivity contribution in [2.24, 2.45) is 7.05 Å². The Kier molecular flexibility index (Phi) is 4.26. The van der Waals surface area contributed by atoms with Crippen LogP contribution < -0.4 is 5.32 Å². The van der Waals surface area contributed by atoms with Gasteiger partial charge in [0.15, 0.2) is 0 Å². The van der Waals surface area contributed by atoms with Gasteiger partial charge in [-0.3, -0.25) is 0 Å². The second-order valence-electron chi connectivity index (χ2n) is 5.52. The van der Waals surface area contributed by atoms with Crippen LogP contribution in [-0.2, 0) is 13.6 Å². The van der Waals surface area contributed by atoms with E-state index in [4.69, 9.17) is 11.6 Å². The number of imidazole rings is 1. The Morgan fingerprint density at radius 1 is 1.17 bits per heavy atom. The molecule has 0 saturated heterocycles. The lowest BCUT2D eigenvalue weighted by Crippen LogP contribution is -2.06. The molecule has 0 aliphatic heterocycles. The van der Waals surface area contributed by atoms with E-state index in [0.717, 1.165) is 22.8 Å². The van der Waals surface area contributed by atoms with Crippen LogP contribution in [0.15, 0.2) is 48.7 Å². The third kappa shape index (κ3) is 3.32. The molecule has 23 heavy (non-hydrogen) atoms. The molecule has 0 bridgehead atoms. The summed E-state index contributed by atoms with van der Waals surface area (Å²) in [5.41, 5.74) is 4.11. The van der Waals surface area contributed by atoms with Gasteiger partial charge in [-0.25, -0.2) is 4.98 Å². The van der Waals surface area contributed by atoms with Crippen LogP contribution in [0.3, 0.4) is 0 Å². The maximum absolute atomic E-state index is 9.87. The molecule has 1 heterocycles. The van der Waals surface area contributed by atoms with Gasteiger partial charge in [-0.1, -0.05) is 41.4 Å². The Hall–Kier alpha value is -2.46. The van der Waals surface area contributed by atoms with Gasteiger partial charge in [0, 0.05) is 24.2 Å². The molecule has 4 nitrogen and oxygen atoms in total. The van der Waals surface area contributed by atoms with E-state index in [2.05, 4.69) is 41.5 Å². The normalized spacial score (nSPS) is 10.7.